The number of carbonyl (C=O) groups excluding carboxylic acids is 1. The number of hydrogen-bond donors (Lipinski definition) is 2. The molecule has 4 heterocycles. The first-order valence-corrected chi connectivity index (χ1v) is 10.2. The van der Waals surface area contributed by atoms with Gasteiger partial charge >= 0.3 is 12.0 Å². The summed E-state index contributed by atoms with van der Waals surface area (Å²) in [6.45, 7) is 2.25. The highest BCUT2D eigenvalue weighted by atomic mass is 32.1. The van der Waals surface area contributed by atoms with E-state index in [1.165, 1.54) is 11.3 Å². The SMILES string of the molecule is C[C@H]1c2sc(N)nc2C[C@@H](CO)N1c1nnc(-c2cccc3c2CCOC3=O)o1. The minimum Gasteiger partial charge on any atom is -0.462 e. The van der Waals surface area contributed by atoms with E-state index in [-0.39, 0.29) is 24.7 Å². The van der Waals surface area contributed by atoms with Crippen LogP contribution in [0, 0.1) is 0 Å². The third-order valence-corrected chi connectivity index (χ3v) is 6.52. The molecular weight excluding hydrogens is 394 g/mol. The molecule has 2 atom stereocenters. The maximum Gasteiger partial charge on any atom is 0.338 e. The summed E-state index contributed by atoms with van der Waals surface area (Å²) in [4.78, 5) is 19.4. The molecule has 3 aromatic rings. The molecule has 0 fully saturated rings. The zero-order valence-electron chi connectivity index (χ0n) is 15.7. The Labute approximate surface area is 170 Å². The lowest BCUT2D eigenvalue weighted by Crippen LogP contribution is -2.45. The number of aromatic nitrogens is 3. The van der Waals surface area contributed by atoms with Gasteiger partial charge in [-0.15, -0.1) is 5.10 Å². The summed E-state index contributed by atoms with van der Waals surface area (Å²) < 4.78 is 11.1. The van der Waals surface area contributed by atoms with Gasteiger partial charge in [-0.2, -0.15) is 0 Å². The smallest absolute Gasteiger partial charge is 0.338 e. The number of aliphatic hydroxyl groups excluding tert-OH is 1. The summed E-state index contributed by atoms with van der Waals surface area (Å²) in [5.74, 6) is -0.00166. The van der Waals surface area contributed by atoms with Gasteiger partial charge in [-0.05, 0) is 24.6 Å². The van der Waals surface area contributed by atoms with E-state index in [2.05, 4.69) is 15.2 Å². The summed E-state index contributed by atoms with van der Waals surface area (Å²) in [5, 5.41) is 18.9. The molecule has 0 bridgehead atoms. The molecule has 9 nitrogen and oxygen atoms in total. The van der Waals surface area contributed by atoms with Crippen LogP contribution in [0.4, 0.5) is 11.1 Å². The Morgan fingerprint density at radius 2 is 2.17 bits per heavy atom. The lowest BCUT2D eigenvalue weighted by Gasteiger charge is -2.37. The minimum atomic E-state index is -0.340. The molecule has 0 aliphatic carbocycles. The molecule has 3 N–H and O–H groups in total. The lowest BCUT2D eigenvalue weighted by atomic mass is 9.97. The van der Waals surface area contributed by atoms with Gasteiger partial charge in [0.15, 0.2) is 5.13 Å². The third kappa shape index (κ3) is 2.87. The first-order valence-electron chi connectivity index (χ1n) is 9.34. The van der Waals surface area contributed by atoms with Crippen molar-refractivity contribution in [2.24, 2.45) is 0 Å². The molecule has 1 aromatic carbocycles. The van der Waals surface area contributed by atoms with E-state index in [0.29, 0.717) is 42.0 Å². The van der Waals surface area contributed by atoms with Gasteiger partial charge in [0.25, 0.3) is 0 Å². The highest BCUT2D eigenvalue weighted by molar-refractivity contribution is 7.15. The number of ether oxygens (including phenoxy) is 1. The summed E-state index contributed by atoms with van der Waals surface area (Å²) >= 11 is 1.43. The average Bonchev–Trinajstić information content (AvgIpc) is 3.34. The zero-order valence-corrected chi connectivity index (χ0v) is 16.5. The number of fused-ring (bicyclic) bond motifs is 2. The number of aliphatic hydroxyl groups is 1. The third-order valence-electron chi connectivity index (χ3n) is 5.42. The number of carbonyl (C=O) groups is 1. The van der Waals surface area contributed by atoms with Crippen molar-refractivity contribution >= 4 is 28.5 Å². The van der Waals surface area contributed by atoms with Crippen LogP contribution < -0.4 is 10.6 Å². The van der Waals surface area contributed by atoms with Crippen LogP contribution in [0.3, 0.4) is 0 Å². The van der Waals surface area contributed by atoms with Gasteiger partial charge in [0, 0.05) is 18.4 Å². The van der Waals surface area contributed by atoms with E-state index in [0.717, 1.165) is 21.7 Å². The molecule has 150 valence electrons. The lowest BCUT2D eigenvalue weighted by molar-refractivity contribution is 0.0480. The Bertz CT molecular complexity index is 1090. The number of cyclic esters (lactones) is 1. The van der Waals surface area contributed by atoms with Crippen molar-refractivity contribution in [2.75, 3.05) is 23.8 Å². The molecule has 10 heteroatoms. The number of rotatable bonds is 3. The molecule has 0 spiro atoms. The van der Waals surface area contributed by atoms with Crippen LogP contribution in [0.25, 0.3) is 11.5 Å². The Morgan fingerprint density at radius 1 is 1.34 bits per heavy atom. The number of anilines is 2. The van der Waals surface area contributed by atoms with Gasteiger partial charge < -0.3 is 24.9 Å². The Balaban J connectivity index is 1.54. The second-order valence-corrected chi connectivity index (χ2v) is 8.16. The highest BCUT2D eigenvalue weighted by Gasteiger charge is 2.37. The number of nitrogen functional groups attached to an aromatic ring is 1. The molecule has 5 rings (SSSR count). The van der Waals surface area contributed by atoms with Gasteiger partial charge in [0.2, 0.25) is 5.89 Å². The zero-order chi connectivity index (χ0) is 20.1. The van der Waals surface area contributed by atoms with Gasteiger partial charge in [-0.25, -0.2) is 9.78 Å². The quantitative estimate of drug-likeness (QED) is 0.619. The normalized spacial score (nSPS) is 20.9. The van der Waals surface area contributed by atoms with Gasteiger partial charge in [0.05, 0.1) is 41.4 Å². The van der Waals surface area contributed by atoms with Crippen LogP contribution >= 0.6 is 11.3 Å². The van der Waals surface area contributed by atoms with Crippen LogP contribution in [-0.2, 0) is 17.6 Å². The van der Waals surface area contributed by atoms with Crippen molar-refractivity contribution in [3.05, 3.63) is 39.9 Å². The predicted octanol–water partition coefficient (Wildman–Crippen LogP) is 1.97. The predicted molar refractivity (Wildman–Crippen MR) is 106 cm³/mol. The fourth-order valence-electron chi connectivity index (χ4n) is 4.09. The van der Waals surface area contributed by atoms with Crippen LogP contribution in [0.2, 0.25) is 0 Å². The van der Waals surface area contributed by atoms with E-state index in [1.54, 1.807) is 12.1 Å². The molecule has 0 saturated carbocycles. The topological polar surface area (TPSA) is 128 Å². The van der Waals surface area contributed by atoms with Crippen molar-refractivity contribution in [2.45, 2.75) is 31.8 Å². The van der Waals surface area contributed by atoms with Crippen LogP contribution in [0.5, 0.6) is 0 Å². The number of nitrogens with two attached hydrogens (primary N) is 1. The second-order valence-electron chi connectivity index (χ2n) is 7.09. The van der Waals surface area contributed by atoms with E-state index < -0.39 is 0 Å². The number of nitrogens with zero attached hydrogens (tertiary/aromatic N) is 4. The summed E-state index contributed by atoms with van der Waals surface area (Å²) in [6, 6.07) is 5.34. The molecule has 0 unspecified atom stereocenters. The largest absolute Gasteiger partial charge is 0.462 e. The maximum atomic E-state index is 12.0. The number of esters is 1. The van der Waals surface area contributed by atoms with E-state index in [4.69, 9.17) is 14.9 Å². The Morgan fingerprint density at radius 3 is 3.00 bits per heavy atom. The average molecular weight is 413 g/mol. The molecule has 0 amide bonds. The van der Waals surface area contributed by atoms with Gasteiger partial charge in [-0.3, -0.25) is 0 Å². The molecule has 29 heavy (non-hydrogen) atoms. The second kappa shape index (κ2) is 6.82. The minimum absolute atomic E-state index is 0.0779. The number of hydrogen-bond acceptors (Lipinski definition) is 10. The van der Waals surface area contributed by atoms with Crippen LogP contribution in [0.15, 0.2) is 22.6 Å². The van der Waals surface area contributed by atoms with Crippen molar-refractivity contribution < 1.29 is 19.1 Å². The molecule has 2 aliphatic rings. The number of benzene rings is 1. The highest BCUT2D eigenvalue weighted by Crippen LogP contribution is 2.40. The number of thiazole rings is 1. The summed E-state index contributed by atoms with van der Waals surface area (Å²) in [6.07, 6.45) is 1.14. The van der Waals surface area contributed by atoms with Crippen LogP contribution in [0.1, 0.15) is 39.5 Å². The van der Waals surface area contributed by atoms with E-state index >= 15 is 0 Å². The Kier molecular flexibility index (Phi) is 4.25. The van der Waals surface area contributed by atoms with Crippen molar-refractivity contribution in [3.8, 4) is 11.5 Å². The molecule has 0 saturated heterocycles. The van der Waals surface area contributed by atoms with E-state index in [9.17, 15) is 9.90 Å². The molecule has 2 aromatic heterocycles. The standard InChI is InChI=1S/C19H19N5O4S/c1-9-15-14(21-18(20)29-15)7-10(8-25)24(9)19-23-22-16(28-19)12-3-2-4-13-11(12)5-6-27-17(13)26/h2-4,9-10,25H,5-8H2,1H3,(H2,20,21)/t9-,10-/m0/s1. The van der Waals surface area contributed by atoms with Gasteiger partial charge in [-0.1, -0.05) is 22.5 Å². The first kappa shape index (κ1) is 18.1. The molecule has 2 aliphatic heterocycles. The van der Waals surface area contributed by atoms with E-state index in [1.807, 2.05) is 17.9 Å². The summed E-state index contributed by atoms with van der Waals surface area (Å²) in [7, 11) is 0. The van der Waals surface area contributed by atoms with Crippen molar-refractivity contribution in [1.29, 1.82) is 0 Å². The monoisotopic (exact) mass is 413 g/mol. The fourth-order valence-corrected chi connectivity index (χ4v) is 5.01. The molecule has 0 radical (unpaired) electrons. The van der Waals surface area contributed by atoms with Crippen molar-refractivity contribution in [1.82, 2.24) is 15.2 Å². The first-order chi connectivity index (χ1) is 14.1. The summed E-state index contributed by atoms with van der Waals surface area (Å²) in [5.41, 5.74) is 8.90. The van der Waals surface area contributed by atoms with Gasteiger partial charge in [0.1, 0.15) is 0 Å². The Hall–Kier alpha value is -2.98. The van der Waals surface area contributed by atoms with Crippen LogP contribution in [-0.4, -0.2) is 45.5 Å². The fraction of sp³-hybridized carbons (Fsp3) is 0.368. The maximum absolute atomic E-state index is 12.0. The molecular formula is C19H19N5O4S. The van der Waals surface area contributed by atoms with Crippen molar-refractivity contribution in [3.63, 3.8) is 0 Å².